The summed E-state index contributed by atoms with van der Waals surface area (Å²) in [5.41, 5.74) is 2.47. The molecule has 0 spiro atoms. The van der Waals surface area contributed by atoms with Crippen LogP contribution in [-0.4, -0.2) is 23.7 Å². The number of rotatable bonds is 3. The van der Waals surface area contributed by atoms with Crippen LogP contribution in [0.3, 0.4) is 0 Å². The number of ether oxygens (including phenoxy) is 2. The Hall–Kier alpha value is -2.34. The Morgan fingerprint density at radius 1 is 1.28 bits per heavy atom. The van der Waals surface area contributed by atoms with E-state index in [1.165, 1.54) is 18.2 Å². The van der Waals surface area contributed by atoms with Gasteiger partial charge in [0.25, 0.3) is 0 Å². The first-order valence-corrected chi connectivity index (χ1v) is 8.38. The zero-order valence-corrected chi connectivity index (χ0v) is 13.7. The highest BCUT2D eigenvalue weighted by atomic mass is 19.1. The van der Waals surface area contributed by atoms with Crippen LogP contribution in [0.25, 0.3) is 11.1 Å². The van der Waals surface area contributed by atoms with Gasteiger partial charge in [-0.3, -0.25) is 0 Å². The molecule has 6 heteroatoms. The maximum atomic E-state index is 14.4. The van der Waals surface area contributed by atoms with Crippen molar-refractivity contribution in [1.29, 1.82) is 0 Å². The van der Waals surface area contributed by atoms with Crippen LogP contribution >= 0.6 is 0 Å². The van der Waals surface area contributed by atoms with Gasteiger partial charge in [-0.1, -0.05) is 0 Å². The van der Waals surface area contributed by atoms with Crippen molar-refractivity contribution in [2.24, 2.45) is 0 Å². The number of pyridine rings is 1. The third kappa shape index (κ3) is 2.80. The second-order valence-electron chi connectivity index (χ2n) is 6.29. The molecule has 1 aromatic carbocycles. The molecule has 2 aromatic rings. The van der Waals surface area contributed by atoms with Gasteiger partial charge in [-0.25, -0.2) is 18.6 Å². The molecule has 2 atom stereocenters. The first kappa shape index (κ1) is 16.1. The first-order chi connectivity index (χ1) is 12.1. The van der Waals surface area contributed by atoms with Crippen LogP contribution in [0, 0.1) is 11.6 Å². The molecule has 0 aliphatic carbocycles. The molecule has 0 unspecified atom stereocenters. The van der Waals surface area contributed by atoms with Crippen molar-refractivity contribution >= 4 is 5.97 Å². The van der Waals surface area contributed by atoms with Gasteiger partial charge in [-0.2, -0.15) is 0 Å². The van der Waals surface area contributed by atoms with Gasteiger partial charge >= 0.3 is 5.97 Å². The predicted octanol–water partition coefficient (Wildman–Crippen LogP) is 3.98. The van der Waals surface area contributed by atoms with E-state index in [0.717, 1.165) is 24.5 Å². The Labute approximate surface area is 143 Å². The summed E-state index contributed by atoms with van der Waals surface area (Å²) in [6.07, 6.45) is 2.22. The third-order valence-corrected chi connectivity index (χ3v) is 4.71. The molecule has 2 aliphatic rings. The summed E-state index contributed by atoms with van der Waals surface area (Å²) in [6.45, 7) is 1.93. The fourth-order valence-corrected chi connectivity index (χ4v) is 3.61. The summed E-state index contributed by atoms with van der Waals surface area (Å²) in [5, 5.41) is 0. The monoisotopic (exact) mass is 345 g/mol. The number of esters is 1. The van der Waals surface area contributed by atoms with Crippen molar-refractivity contribution in [2.75, 3.05) is 6.61 Å². The smallest absolute Gasteiger partial charge is 0.356 e. The number of halogens is 2. The minimum atomic E-state index is -0.665. The number of carbonyl (C=O) groups is 1. The molecule has 1 fully saturated rings. The lowest BCUT2D eigenvalue weighted by molar-refractivity contribution is 0.0291. The van der Waals surface area contributed by atoms with Gasteiger partial charge < -0.3 is 9.47 Å². The number of carbonyl (C=O) groups excluding carboxylic acids is 1. The minimum absolute atomic E-state index is 0.0787. The average Bonchev–Trinajstić information content (AvgIpc) is 2.97. The Balaban J connectivity index is 1.91. The second-order valence-corrected chi connectivity index (χ2v) is 6.29. The average molecular weight is 345 g/mol. The number of fused-ring (bicyclic) bond motifs is 4. The maximum Gasteiger partial charge on any atom is 0.356 e. The molecule has 0 saturated carbocycles. The first-order valence-electron chi connectivity index (χ1n) is 8.38. The molecule has 25 heavy (non-hydrogen) atoms. The van der Waals surface area contributed by atoms with Crippen molar-refractivity contribution < 1.29 is 23.0 Å². The molecular weight excluding hydrogens is 328 g/mol. The lowest BCUT2D eigenvalue weighted by atomic mass is 9.92. The second kappa shape index (κ2) is 6.19. The normalized spacial score (nSPS) is 21.1. The highest BCUT2D eigenvalue weighted by molar-refractivity contribution is 5.89. The standard InChI is InChI=1S/C19H17F2NO3/c1-2-24-19(23)16-9-13(12-5-3-10(20)7-15(12)21)14-8-11-4-6-17(25-11)18(14)22-16/h3,5,7,9,11,17H,2,4,6,8H2,1H3/t11-,17+/m1/s1. The topological polar surface area (TPSA) is 48.4 Å². The van der Waals surface area contributed by atoms with Gasteiger partial charge in [0.15, 0.2) is 0 Å². The Kier molecular flexibility index (Phi) is 4.00. The molecule has 0 amide bonds. The van der Waals surface area contributed by atoms with Crippen LogP contribution in [0.5, 0.6) is 0 Å². The molecule has 1 saturated heterocycles. The van der Waals surface area contributed by atoms with Crippen LogP contribution in [0.15, 0.2) is 24.3 Å². The summed E-state index contributed by atoms with van der Waals surface area (Å²) >= 11 is 0. The zero-order chi connectivity index (χ0) is 17.6. The molecule has 3 heterocycles. The quantitative estimate of drug-likeness (QED) is 0.790. The van der Waals surface area contributed by atoms with E-state index >= 15 is 0 Å². The van der Waals surface area contributed by atoms with E-state index in [9.17, 15) is 13.6 Å². The van der Waals surface area contributed by atoms with Gasteiger partial charge in [0, 0.05) is 18.1 Å². The molecule has 0 radical (unpaired) electrons. The molecular formula is C19H17F2NO3. The van der Waals surface area contributed by atoms with E-state index in [2.05, 4.69) is 4.98 Å². The van der Waals surface area contributed by atoms with Crippen molar-refractivity contribution in [2.45, 2.75) is 38.4 Å². The largest absolute Gasteiger partial charge is 0.461 e. The number of hydrogen-bond donors (Lipinski definition) is 0. The molecule has 2 aliphatic heterocycles. The fourth-order valence-electron chi connectivity index (χ4n) is 3.61. The van der Waals surface area contributed by atoms with E-state index < -0.39 is 17.6 Å². The maximum absolute atomic E-state index is 14.4. The minimum Gasteiger partial charge on any atom is -0.461 e. The van der Waals surface area contributed by atoms with Crippen LogP contribution in [0.4, 0.5) is 8.78 Å². The van der Waals surface area contributed by atoms with Gasteiger partial charge in [-0.05, 0) is 49.1 Å². The predicted molar refractivity (Wildman–Crippen MR) is 86.1 cm³/mol. The van der Waals surface area contributed by atoms with E-state index in [-0.39, 0.29) is 30.1 Å². The molecule has 4 rings (SSSR count). The lowest BCUT2D eigenvalue weighted by Crippen LogP contribution is -2.22. The van der Waals surface area contributed by atoms with Crippen molar-refractivity contribution in [3.8, 4) is 11.1 Å². The number of hydrogen-bond acceptors (Lipinski definition) is 4. The van der Waals surface area contributed by atoms with Crippen molar-refractivity contribution in [3.63, 3.8) is 0 Å². The number of nitrogens with zero attached hydrogens (tertiary/aromatic N) is 1. The summed E-state index contributed by atoms with van der Waals surface area (Å²) in [4.78, 5) is 16.6. The summed E-state index contributed by atoms with van der Waals surface area (Å²) in [5.74, 6) is -1.87. The van der Waals surface area contributed by atoms with Crippen LogP contribution in [-0.2, 0) is 15.9 Å². The van der Waals surface area contributed by atoms with Gasteiger partial charge in [-0.15, -0.1) is 0 Å². The Morgan fingerprint density at radius 2 is 2.12 bits per heavy atom. The number of aromatic nitrogens is 1. The molecule has 4 nitrogen and oxygen atoms in total. The molecule has 130 valence electrons. The van der Waals surface area contributed by atoms with Gasteiger partial charge in [0.05, 0.1) is 18.4 Å². The van der Waals surface area contributed by atoms with E-state index in [1.54, 1.807) is 6.92 Å². The molecule has 1 aromatic heterocycles. The van der Waals surface area contributed by atoms with Gasteiger partial charge in [0.1, 0.15) is 23.4 Å². The van der Waals surface area contributed by atoms with Crippen LogP contribution in [0.2, 0.25) is 0 Å². The highest BCUT2D eigenvalue weighted by Crippen LogP contribution is 2.44. The lowest BCUT2D eigenvalue weighted by Gasteiger charge is -2.26. The molecule has 2 bridgehead atoms. The Morgan fingerprint density at radius 3 is 2.88 bits per heavy atom. The fraction of sp³-hybridized carbons (Fsp3) is 0.368. The van der Waals surface area contributed by atoms with Crippen molar-refractivity contribution in [3.05, 3.63) is 52.9 Å². The Bertz CT molecular complexity index is 853. The third-order valence-electron chi connectivity index (χ3n) is 4.71. The van der Waals surface area contributed by atoms with E-state index in [4.69, 9.17) is 9.47 Å². The highest BCUT2D eigenvalue weighted by Gasteiger charge is 2.37. The van der Waals surface area contributed by atoms with E-state index in [1.807, 2.05) is 0 Å². The van der Waals surface area contributed by atoms with Gasteiger partial charge in [0.2, 0.25) is 0 Å². The summed E-state index contributed by atoms with van der Waals surface area (Å²) < 4.78 is 38.6. The van der Waals surface area contributed by atoms with Crippen molar-refractivity contribution in [1.82, 2.24) is 4.98 Å². The summed E-state index contributed by atoms with van der Waals surface area (Å²) in [7, 11) is 0. The summed E-state index contributed by atoms with van der Waals surface area (Å²) in [6, 6.07) is 4.99. The van der Waals surface area contributed by atoms with Crippen LogP contribution in [0.1, 0.15) is 47.6 Å². The SMILES string of the molecule is CCOC(=O)c1cc(-c2ccc(F)cc2F)c2c(n1)[C@@H]1CC[C@H](C2)O1. The van der Waals surface area contributed by atoms with Crippen LogP contribution < -0.4 is 0 Å². The van der Waals surface area contributed by atoms with E-state index in [0.29, 0.717) is 17.7 Å². The molecule has 0 N–H and O–H groups in total. The zero-order valence-electron chi connectivity index (χ0n) is 13.7. The number of benzene rings is 1.